The number of rotatable bonds is 0. The lowest BCUT2D eigenvalue weighted by Crippen LogP contribution is -2.34. The van der Waals surface area contributed by atoms with E-state index in [1.54, 1.807) is 0 Å². The summed E-state index contributed by atoms with van der Waals surface area (Å²) in [6.07, 6.45) is 2.69. The van der Waals surface area contributed by atoms with E-state index in [0.29, 0.717) is 12.1 Å². The highest BCUT2D eigenvalue weighted by Gasteiger charge is 2.13. The van der Waals surface area contributed by atoms with Gasteiger partial charge >= 0.3 is 0 Å². The van der Waals surface area contributed by atoms with Crippen LogP contribution in [0.1, 0.15) is 19.8 Å². The van der Waals surface area contributed by atoms with Crippen molar-refractivity contribution in [2.24, 2.45) is 5.73 Å². The summed E-state index contributed by atoms with van der Waals surface area (Å²) >= 11 is 0. The molecule has 0 aliphatic carbocycles. The van der Waals surface area contributed by atoms with Gasteiger partial charge in [0, 0.05) is 6.04 Å². The van der Waals surface area contributed by atoms with Gasteiger partial charge in [-0.05, 0) is 19.8 Å². The maximum absolute atomic E-state index is 5.57. The number of hydrogen-bond acceptors (Lipinski definition) is 2. The van der Waals surface area contributed by atoms with Gasteiger partial charge in [0.15, 0.2) is 0 Å². The second-order valence-electron chi connectivity index (χ2n) is 2.48. The van der Waals surface area contributed by atoms with Crippen molar-refractivity contribution >= 4 is 0 Å². The Morgan fingerprint density at radius 3 is 2.62 bits per heavy atom. The molecule has 1 fully saturated rings. The Labute approximate surface area is 50.0 Å². The maximum Gasteiger partial charge on any atom is 0.0621 e. The van der Waals surface area contributed by atoms with Crippen molar-refractivity contribution < 1.29 is 4.74 Å². The third-order valence-electron chi connectivity index (χ3n) is 1.54. The predicted molar refractivity (Wildman–Crippen MR) is 32.6 cm³/mol. The molecule has 2 N–H and O–H groups in total. The Balaban J connectivity index is 2.19. The molecule has 0 bridgehead atoms. The second kappa shape index (κ2) is 2.46. The Morgan fingerprint density at radius 1 is 1.50 bits per heavy atom. The first kappa shape index (κ1) is 6.05. The monoisotopic (exact) mass is 115 g/mol. The van der Waals surface area contributed by atoms with Gasteiger partial charge in [0.25, 0.3) is 0 Å². The van der Waals surface area contributed by atoms with Crippen LogP contribution in [0.5, 0.6) is 0 Å². The predicted octanol–water partition coefficient (Wildman–Crippen LogP) is 0.513. The summed E-state index contributed by atoms with van der Waals surface area (Å²) in [5.74, 6) is 0. The fourth-order valence-corrected chi connectivity index (χ4v) is 0.903. The van der Waals surface area contributed by atoms with Gasteiger partial charge in [-0.25, -0.2) is 0 Å². The largest absolute Gasteiger partial charge is 0.377 e. The molecule has 1 aliphatic rings. The highest BCUT2D eigenvalue weighted by atomic mass is 16.5. The van der Waals surface area contributed by atoms with Crippen molar-refractivity contribution in [1.82, 2.24) is 0 Å². The highest BCUT2D eigenvalue weighted by molar-refractivity contribution is 4.68. The zero-order valence-electron chi connectivity index (χ0n) is 5.26. The van der Waals surface area contributed by atoms with E-state index in [4.69, 9.17) is 10.5 Å². The topological polar surface area (TPSA) is 35.2 Å². The molecule has 2 nitrogen and oxygen atoms in total. The lowest BCUT2D eigenvalue weighted by molar-refractivity contribution is 0.0172. The first-order chi connectivity index (χ1) is 3.79. The minimum atomic E-state index is 0.297. The molecule has 0 unspecified atom stereocenters. The van der Waals surface area contributed by atoms with Gasteiger partial charge in [0.2, 0.25) is 0 Å². The smallest absolute Gasteiger partial charge is 0.0621 e. The summed E-state index contributed by atoms with van der Waals surface area (Å²) in [6, 6.07) is 0.297. The van der Waals surface area contributed by atoms with Crippen LogP contribution in [0.15, 0.2) is 0 Å². The molecule has 1 saturated heterocycles. The van der Waals surface area contributed by atoms with Crippen LogP contribution in [0, 0.1) is 0 Å². The lowest BCUT2D eigenvalue weighted by atomic mass is 10.1. The standard InChI is InChI=1S/C6H13NO/c1-5-2-3-6(7)4-8-5/h5-6H,2-4,7H2,1H3/t5-,6+/m1/s1. The van der Waals surface area contributed by atoms with Crippen LogP contribution in [-0.4, -0.2) is 18.8 Å². The van der Waals surface area contributed by atoms with E-state index in [9.17, 15) is 0 Å². The van der Waals surface area contributed by atoms with E-state index in [-0.39, 0.29) is 0 Å². The molecule has 1 rings (SSSR count). The fourth-order valence-electron chi connectivity index (χ4n) is 0.903. The van der Waals surface area contributed by atoms with E-state index in [1.165, 1.54) is 0 Å². The first-order valence-electron chi connectivity index (χ1n) is 3.16. The normalized spacial score (nSPS) is 39.8. The van der Waals surface area contributed by atoms with E-state index in [2.05, 4.69) is 6.92 Å². The van der Waals surface area contributed by atoms with Crippen molar-refractivity contribution in [2.75, 3.05) is 6.61 Å². The summed E-state index contributed by atoms with van der Waals surface area (Å²) in [6.45, 7) is 2.84. The van der Waals surface area contributed by atoms with Crippen LogP contribution in [0.3, 0.4) is 0 Å². The third-order valence-corrected chi connectivity index (χ3v) is 1.54. The van der Waals surface area contributed by atoms with Crippen molar-refractivity contribution in [2.45, 2.75) is 31.9 Å². The molecule has 0 aromatic carbocycles. The summed E-state index contributed by atoms with van der Waals surface area (Å²) in [4.78, 5) is 0. The molecule has 0 aromatic rings. The first-order valence-corrected chi connectivity index (χ1v) is 3.16. The second-order valence-corrected chi connectivity index (χ2v) is 2.48. The fraction of sp³-hybridized carbons (Fsp3) is 1.00. The van der Waals surface area contributed by atoms with E-state index < -0.39 is 0 Å². The van der Waals surface area contributed by atoms with Gasteiger partial charge in [-0.3, -0.25) is 0 Å². The van der Waals surface area contributed by atoms with E-state index >= 15 is 0 Å². The molecule has 1 heterocycles. The average molecular weight is 115 g/mol. The SMILES string of the molecule is C[C@@H]1CC[C@H](N)CO1. The summed E-state index contributed by atoms with van der Waals surface area (Å²) in [5, 5.41) is 0. The Morgan fingerprint density at radius 2 is 2.25 bits per heavy atom. The molecule has 0 spiro atoms. The highest BCUT2D eigenvalue weighted by Crippen LogP contribution is 2.10. The minimum absolute atomic E-state index is 0.297. The quantitative estimate of drug-likeness (QED) is 0.499. The lowest BCUT2D eigenvalue weighted by Gasteiger charge is -2.23. The molecule has 2 heteroatoms. The van der Waals surface area contributed by atoms with Gasteiger partial charge < -0.3 is 10.5 Å². The Kier molecular flexibility index (Phi) is 1.86. The Hall–Kier alpha value is -0.0800. The van der Waals surface area contributed by atoms with Crippen LogP contribution in [0.4, 0.5) is 0 Å². The number of hydrogen-bond donors (Lipinski definition) is 1. The number of ether oxygens (including phenoxy) is 1. The van der Waals surface area contributed by atoms with Crippen LogP contribution >= 0.6 is 0 Å². The van der Waals surface area contributed by atoms with Gasteiger partial charge in [0.1, 0.15) is 0 Å². The molecule has 8 heavy (non-hydrogen) atoms. The van der Waals surface area contributed by atoms with Crippen LogP contribution < -0.4 is 5.73 Å². The van der Waals surface area contributed by atoms with Gasteiger partial charge in [-0.2, -0.15) is 0 Å². The molecule has 1 aliphatic heterocycles. The van der Waals surface area contributed by atoms with Crippen molar-refractivity contribution in [3.63, 3.8) is 0 Å². The van der Waals surface area contributed by atoms with Crippen molar-refractivity contribution in [3.8, 4) is 0 Å². The van der Waals surface area contributed by atoms with E-state index in [0.717, 1.165) is 19.4 Å². The molecule has 48 valence electrons. The zero-order valence-corrected chi connectivity index (χ0v) is 5.26. The molecular weight excluding hydrogens is 102 g/mol. The molecule has 0 saturated carbocycles. The van der Waals surface area contributed by atoms with Crippen LogP contribution in [0.2, 0.25) is 0 Å². The van der Waals surface area contributed by atoms with E-state index in [1.807, 2.05) is 0 Å². The molecule has 0 radical (unpaired) electrons. The minimum Gasteiger partial charge on any atom is -0.377 e. The third kappa shape index (κ3) is 1.46. The van der Waals surface area contributed by atoms with Gasteiger partial charge in [-0.1, -0.05) is 0 Å². The summed E-state index contributed by atoms with van der Waals surface area (Å²) in [7, 11) is 0. The molecule has 2 atom stereocenters. The number of nitrogens with two attached hydrogens (primary N) is 1. The molecule has 0 amide bonds. The van der Waals surface area contributed by atoms with Gasteiger partial charge in [-0.15, -0.1) is 0 Å². The zero-order chi connectivity index (χ0) is 5.98. The average Bonchev–Trinajstić information content (AvgIpc) is 1.77. The Bertz CT molecular complexity index is 56.9. The molecule has 0 aromatic heterocycles. The van der Waals surface area contributed by atoms with Crippen molar-refractivity contribution in [3.05, 3.63) is 0 Å². The van der Waals surface area contributed by atoms with Gasteiger partial charge in [0.05, 0.1) is 12.7 Å². The molecular formula is C6H13NO. The summed E-state index contributed by atoms with van der Waals surface area (Å²) < 4.78 is 5.27. The summed E-state index contributed by atoms with van der Waals surface area (Å²) in [5.41, 5.74) is 5.57. The van der Waals surface area contributed by atoms with Crippen LogP contribution in [0.25, 0.3) is 0 Å². The van der Waals surface area contributed by atoms with Crippen LogP contribution in [-0.2, 0) is 4.74 Å². The van der Waals surface area contributed by atoms with Crippen molar-refractivity contribution in [1.29, 1.82) is 0 Å². The maximum atomic E-state index is 5.57.